The Balaban J connectivity index is 0.00000133. The molecule has 1 fully saturated rings. The van der Waals surface area contributed by atoms with Gasteiger partial charge >= 0.3 is 0 Å². The first-order chi connectivity index (χ1) is 8.58. The maximum Gasteiger partial charge on any atom is 0.137 e. The molecular formula is C15H19Cl2NO. The maximum absolute atomic E-state index is 6.24. The van der Waals surface area contributed by atoms with Crippen LogP contribution in [0.2, 0.25) is 5.02 Å². The fourth-order valence-electron chi connectivity index (χ4n) is 3.08. The smallest absolute Gasteiger partial charge is 0.137 e. The van der Waals surface area contributed by atoms with Gasteiger partial charge in [-0.25, -0.2) is 0 Å². The van der Waals surface area contributed by atoms with Crippen molar-refractivity contribution in [2.24, 2.45) is 5.41 Å². The molecule has 1 aromatic heterocycles. The maximum atomic E-state index is 6.24. The summed E-state index contributed by atoms with van der Waals surface area (Å²) in [7, 11) is 0. The lowest BCUT2D eigenvalue weighted by molar-refractivity contribution is 0.219. The van der Waals surface area contributed by atoms with E-state index in [1.807, 2.05) is 12.1 Å². The molecule has 0 amide bonds. The number of piperidine rings is 1. The van der Waals surface area contributed by atoms with Gasteiger partial charge in [0.1, 0.15) is 5.58 Å². The highest BCUT2D eigenvalue weighted by Gasteiger charge is 2.35. The van der Waals surface area contributed by atoms with E-state index in [1.165, 1.54) is 5.56 Å². The minimum Gasteiger partial charge on any atom is -0.464 e. The predicted octanol–water partition coefficient (Wildman–Crippen LogP) is 4.61. The van der Waals surface area contributed by atoms with Crippen molar-refractivity contribution in [1.29, 1.82) is 0 Å². The second kappa shape index (κ2) is 5.35. The number of fused-ring (bicyclic) bond motifs is 1. The van der Waals surface area contributed by atoms with Crippen LogP contribution in [0.4, 0.5) is 0 Å². The Morgan fingerprint density at radius 1 is 1.37 bits per heavy atom. The van der Waals surface area contributed by atoms with Gasteiger partial charge in [-0.05, 0) is 42.5 Å². The Labute approximate surface area is 124 Å². The van der Waals surface area contributed by atoms with Crippen LogP contribution in [0.1, 0.15) is 31.7 Å². The van der Waals surface area contributed by atoms with Gasteiger partial charge < -0.3 is 9.73 Å². The summed E-state index contributed by atoms with van der Waals surface area (Å²) < 4.78 is 5.67. The molecule has 0 bridgehead atoms. The lowest BCUT2D eigenvalue weighted by atomic mass is 9.71. The largest absolute Gasteiger partial charge is 0.464 e. The molecule has 0 saturated carbocycles. The van der Waals surface area contributed by atoms with E-state index in [0.717, 1.165) is 35.5 Å². The number of nitrogens with one attached hydrogen (secondary N) is 1. The minimum absolute atomic E-state index is 0. The molecule has 2 nitrogen and oxygen atoms in total. The quantitative estimate of drug-likeness (QED) is 0.832. The van der Waals surface area contributed by atoms with Crippen LogP contribution in [0.15, 0.2) is 28.9 Å². The average molecular weight is 300 g/mol. The van der Waals surface area contributed by atoms with E-state index in [1.54, 1.807) is 6.26 Å². The normalized spacial score (nSPS) is 22.2. The van der Waals surface area contributed by atoms with E-state index in [0.29, 0.717) is 5.92 Å². The van der Waals surface area contributed by atoms with Gasteiger partial charge in [0.15, 0.2) is 0 Å². The van der Waals surface area contributed by atoms with Gasteiger partial charge in [0.2, 0.25) is 0 Å². The molecule has 0 aliphatic carbocycles. The molecule has 4 heteroatoms. The highest BCUT2D eigenvalue weighted by Crippen LogP contribution is 2.43. The molecule has 1 aliphatic rings. The fourth-order valence-corrected chi connectivity index (χ4v) is 3.31. The van der Waals surface area contributed by atoms with Gasteiger partial charge in [0, 0.05) is 22.5 Å². The molecular weight excluding hydrogens is 281 g/mol. The molecule has 0 radical (unpaired) electrons. The van der Waals surface area contributed by atoms with Gasteiger partial charge in [-0.1, -0.05) is 25.4 Å². The summed E-state index contributed by atoms with van der Waals surface area (Å²) in [5, 5.41) is 5.37. The van der Waals surface area contributed by atoms with Crippen molar-refractivity contribution >= 4 is 35.0 Å². The van der Waals surface area contributed by atoms with Crippen LogP contribution >= 0.6 is 24.0 Å². The first kappa shape index (κ1) is 14.7. The number of hydrogen-bond donors (Lipinski definition) is 1. The third-order valence-corrected chi connectivity index (χ3v) is 4.27. The van der Waals surface area contributed by atoms with Crippen molar-refractivity contribution in [2.75, 3.05) is 13.1 Å². The van der Waals surface area contributed by atoms with E-state index in [9.17, 15) is 0 Å². The average Bonchev–Trinajstić information content (AvgIpc) is 2.75. The highest BCUT2D eigenvalue weighted by atomic mass is 35.5. The Bertz CT molecular complexity index is 577. The van der Waals surface area contributed by atoms with Crippen molar-refractivity contribution in [3.8, 4) is 0 Å². The van der Waals surface area contributed by atoms with Crippen LogP contribution in [0.5, 0.6) is 0 Å². The summed E-state index contributed by atoms with van der Waals surface area (Å²) in [6.07, 6.45) is 2.88. The molecule has 104 valence electrons. The van der Waals surface area contributed by atoms with E-state index in [-0.39, 0.29) is 17.8 Å². The first-order valence-electron chi connectivity index (χ1n) is 6.45. The van der Waals surface area contributed by atoms with E-state index in [2.05, 4.69) is 25.2 Å². The second-order valence-corrected chi connectivity index (χ2v) is 6.28. The monoisotopic (exact) mass is 299 g/mol. The molecule has 1 N–H and O–H groups in total. The molecule has 2 heterocycles. The third-order valence-electron chi connectivity index (χ3n) is 4.05. The number of benzene rings is 1. The lowest BCUT2D eigenvalue weighted by Gasteiger charge is -2.39. The standard InChI is InChI=1S/C15H18ClNO.ClH/c1-15(2)9-17-5-3-13(15)12-8-11(16)7-10-4-6-18-14(10)12;/h4,6-8,13,17H,3,5,9H2,1-2H3;1H. The summed E-state index contributed by atoms with van der Waals surface area (Å²) in [5.74, 6) is 0.492. The van der Waals surface area contributed by atoms with Crippen molar-refractivity contribution in [3.63, 3.8) is 0 Å². The molecule has 1 aromatic carbocycles. The zero-order valence-electron chi connectivity index (χ0n) is 11.2. The van der Waals surface area contributed by atoms with Gasteiger partial charge in [0.25, 0.3) is 0 Å². The number of halogens is 2. The van der Waals surface area contributed by atoms with E-state index in [4.69, 9.17) is 16.0 Å². The Morgan fingerprint density at radius 3 is 2.89 bits per heavy atom. The van der Waals surface area contributed by atoms with Crippen LogP contribution in [-0.2, 0) is 0 Å². The van der Waals surface area contributed by atoms with E-state index >= 15 is 0 Å². The summed E-state index contributed by atoms with van der Waals surface area (Å²) in [6, 6.07) is 6.03. The summed E-state index contributed by atoms with van der Waals surface area (Å²) in [4.78, 5) is 0. The van der Waals surface area contributed by atoms with Crippen molar-refractivity contribution < 1.29 is 4.42 Å². The van der Waals surface area contributed by atoms with Gasteiger partial charge in [-0.3, -0.25) is 0 Å². The zero-order chi connectivity index (χ0) is 12.8. The summed E-state index contributed by atoms with van der Waals surface area (Å²) in [6.45, 7) is 6.70. The molecule has 3 rings (SSSR count). The van der Waals surface area contributed by atoms with Crippen LogP contribution in [0, 0.1) is 5.41 Å². The Hall–Kier alpha value is -0.700. The van der Waals surface area contributed by atoms with Gasteiger partial charge in [-0.2, -0.15) is 0 Å². The first-order valence-corrected chi connectivity index (χ1v) is 6.83. The lowest BCUT2D eigenvalue weighted by Crippen LogP contribution is -2.41. The van der Waals surface area contributed by atoms with Crippen molar-refractivity contribution in [3.05, 3.63) is 35.0 Å². The molecule has 1 atom stereocenters. The van der Waals surface area contributed by atoms with E-state index < -0.39 is 0 Å². The number of hydrogen-bond acceptors (Lipinski definition) is 2. The third kappa shape index (κ3) is 2.62. The molecule has 0 spiro atoms. The molecule has 2 aromatic rings. The Kier molecular flexibility index (Phi) is 4.14. The highest BCUT2D eigenvalue weighted by molar-refractivity contribution is 6.31. The SMILES string of the molecule is CC1(C)CNCCC1c1cc(Cl)cc2ccoc12.Cl. The number of rotatable bonds is 1. The van der Waals surface area contributed by atoms with Crippen molar-refractivity contribution in [2.45, 2.75) is 26.2 Å². The predicted molar refractivity (Wildman–Crippen MR) is 82.5 cm³/mol. The fraction of sp³-hybridized carbons (Fsp3) is 0.467. The minimum atomic E-state index is 0. The second-order valence-electron chi connectivity index (χ2n) is 5.84. The van der Waals surface area contributed by atoms with Crippen molar-refractivity contribution in [1.82, 2.24) is 5.32 Å². The topological polar surface area (TPSA) is 25.2 Å². The molecule has 1 unspecified atom stereocenters. The number of furan rings is 1. The zero-order valence-corrected chi connectivity index (χ0v) is 12.8. The van der Waals surface area contributed by atoms with Crippen LogP contribution in [0.25, 0.3) is 11.0 Å². The molecule has 1 saturated heterocycles. The van der Waals surface area contributed by atoms with Gasteiger partial charge in [0.05, 0.1) is 6.26 Å². The van der Waals surface area contributed by atoms with Crippen LogP contribution in [-0.4, -0.2) is 13.1 Å². The van der Waals surface area contributed by atoms with Crippen LogP contribution < -0.4 is 5.32 Å². The molecule has 19 heavy (non-hydrogen) atoms. The molecule has 1 aliphatic heterocycles. The summed E-state index contributed by atoms with van der Waals surface area (Å²) in [5.41, 5.74) is 2.48. The van der Waals surface area contributed by atoms with Gasteiger partial charge in [-0.15, -0.1) is 12.4 Å². The van der Waals surface area contributed by atoms with Crippen LogP contribution in [0.3, 0.4) is 0 Å². The Morgan fingerprint density at radius 2 is 2.16 bits per heavy atom. The summed E-state index contributed by atoms with van der Waals surface area (Å²) >= 11 is 6.24.